The number of aromatic nitrogens is 3. The van der Waals surface area contributed by atoms with E-state index in [0.717, 1.165) is 21.3 Å². The van der Waals surface area contributed by atoms with Crippen molar-refractivity contribution in [3.8, 4) is 0 Å². The van der Waals surface area contributed by atoms with Crippen LogP contribution in [0.1, 0.15) is 22.3 Å². The molecule has 0 fully saturated rings. The van der Waals surface area contributed by atoms with E-state index < -0.39 is 0 Å². The van der Waals surface area contributed by atoms with Gasteiger partial charge >= 0.3 is 5.69 Å². The first-order valence-corrected chi connectivity index (χ1v) is 7.99. The topological polar surface area (TPSA) is 56.9 Å². The average Bonchev–Trinajstić information content (AvgIpc) is 2.64. The summed E-state index contributed by atoms with van der Waals surface area (Å²) >= 11 is 0. The highest BCUT2D eigenvalue weighted by Gasteiger charge is 2.05. The zero-order chi connectivity index (χ0) is 17.8. The van der Waals surface area contributed by atoms with Gasteiger partial charge in [-0.05, 0) is 35.7 Å². The molecule has 0 atom stereocenters. The first-order valence-electron chi connectivity index (χ1n) is 7.99. The minimum absolute atomic E-state index is 0.252. The number of pyridine rings is 1. The first-order chi connectivity index (χ1) is 12.0. The van der Waals surface area contributed by atoms with Gasteiger partial charge < -0.3 is 0 Å². The van der Waals surface area contributed by atoms with Crippen LogP contribution in [-0.2, 0) is 13.6 Å². The van der Waals surface area contributed by atoms with Gasteiger partial charge in [0.1, 0.15) is 0 Å². The maximum absolute atomic E-state index is 12.2. The Balaban J connectivity index is 1.79. The molecule has 0 spiro atoms. The molecule has 25 heavy (non-hydrogen) atoms. The van der Waals surface area contributed by atoms with Crippen molar-refractivity contribution in [3.05, 3.63) is 98.1 Å². The van der Waals surface area contributed by atoms with Crippen molar-refractivity contribution >= 4 is 12.2 Å². The smallest absolute Gasteiger partial charge is 0.296 e. The number of hydrogen-bond donors (Lipinski definition) is 0. The van der Waals surface area contributed by atoms with Crippen molar-refractivity contribution in [2.24, 2.45) is 7.05 Å². The van der Waals surface area contributed by atoms with Crippen LogP contribution < -0.4 is 11.2 Å². The van der Waals surface area contributed by atoms with Gasteiger partial charge in [0.15, 0.2) is 0 Å². The standard InChI is InChI=1S/C20H19N3O2/c1-15-13-23(20(25)22(2)19(15)24)14-18-7-5-16(6-8-18)3-4-17-9-11-21-12-10-17/h3-13H,14H2,1-2H3/b4-3+. The van der Waals surface area contributed by atoms with Crippen molar-refractivity contribution in [2.75, 3.05) is 0 Å². The number of benzene rings is 1. The number of aryl methyl sites for hydroxylation is 1. The summed E-state index contributed by atoms with van der Waals surface area (Å²) in [5.41, 5.74) is 3.16. The van der Waals surface area contributed by atoms with Gasteiger partial charge in [0.25, 0.3) is 5.56 Å². The zero-order valence-corrected chi connectivity index (χ0v) is 14.2. The molecule has 2 heterocycles. The summed E-state index contributed by atoms with van der Waals surface area (Å²) in [5, 5.41) is 0. The van der Waals surface area contributed by atoms with Crippen LogP contribution >= 0.6 is 0 Å². The van der Waals surface area contributed by atoms with Crippen molar-refractivity contribution < 1.29 is 0 Å². The quantitative estimate of drug-likeness (QED) is 0.737. The van der Waals surface area contributed by atoms with Gasteiger partial charge in [0.05, 0.1) is 6.54 Å². The van der Waals surface area contributed by atoms with Crippen LogP contribution in [0.15, 0.2) is 64.6 Å². The van der Waals surface area contributed by atoms with Gasteiger partial charge in [-0.2, -0.15) is 0 Å². The van der Waals surface area contributed by atoms with E-state index in [4.69, 9.17) is 0 Å². The molecular weight excluding hydrogens is 314 g/mol. The summed E-state index contributed by atoms with van der Waals surface area (Å²) in [5.74, 6) is 0. The summed E-state index contributed by atoms with van der Waals surface area (Å²) < 4.78 is 2.69. The number of hydrogen-bond acceptors (Lipinski definition) is 3. The van der Waals surface area contributed by atoms with Crippen molar-refractivity contribution in [1.82, 2.24) is 14.1 Å². The normalized spacial score (nSPS) is 11.1. The third-order valence-electron chi connectivity index (χ3n) is 4.03. The first kappa shape index (κ1) is 16.6. The van der Waals surface area contributed by atoms with E-state index in [1.54, 1.807) is 30.1 Å². The fourth-order valence-electron chi connectivity index (χ4n) is 2.60. The molecule has 2 aromatic heterocycles. The van der Waals surface area contributed by atoms with Gasteiger partial charge in [-0.15, -0.1) is 0 Å². The molecule has 0 amide bonds. The van der Waals surface area contributed by atoms with Crippen LogP contribution in [0.5, 0.6) is 0 Å². The Morgan fingerprint density at radius 1 is 0.960 bits per heavy atom. The minimum atomic E-state index is -0.308. The lowest BCUT2D eigenvalue weighted by molar-refractivity contribution is 0.638. The predicted octanol–water partition coefficient (Wildman–Crippen LogP) is 2.47. The van der Waals surface area contributed by atoms with Gasteiger partial charge in [0.2, 0.25) is 0 Å². The lowest BCUT2D eigenvalue weighted by Gasteiger charge is -2.09. The summed E-state index contributed by atoms with van der Waals surface area (Å²) in [6, 6.07) is 11.9. The third-order valence-corrected chi connectivity index (χ3v) is 4.03. The van der Waals surface area contributed by atoms with Crippen molar-refractivity contribution in [2.45, 2.75) is 13.5 Å². The molecule has 1 aromatic carbocycles. The molecule has 5 heteroatoms. The van der Waals surface area contributed by atoms with E-state index >= 15 is 0 Å². The molecule has 0 aliphatic rings. The summed E-state index contributed by atoms with van der Waals surface area (Å²) in [7, 11) is 1.50. The van der Waals surface area contributed by atoms with E-state index in [9.17, 15) is 9.59 Å². The Bertz CT molecular complexity index is 1010. The Hall–Kier alpha value is -3.21. The summed E-state index contributed by atoms with van der Waals surface area (Å²) in [6.45, 7) is 2.15. The van der Waals surface area contributed by atoms with Gasteiger partial charge in [-0.25, -0.2) is 4.79 Å². The molecule has 3 aromatic rings. The Kier molecular flexibility index (Phi) is 4.75. The molecule has 0 aliphatic carbocycles. The van der Waals surface area contributed by atoms with Crippen molar-refractivity contribution in [1.29, 1.82) is 0 Å². The minimum Gasteiger partial charge on any atom is -0.296 e. The zero-order valence-electron chi connectivity index (χ0n) is 14.2. The Morgan fingerprint density at radius 3 is 2.20 bits per heavy atom. The fraction of sp³-hybridized carbons (Fsp3) is 0.150. The second-order valence-electron chi connectivity index (χ2n) is 5.94. The lowest BCUT2D eigenvalue weighted by Crippen LogP contribution is -2.38. The maximum atomic E-state index is 12.2. The van der Waals surface area contributed by atoms with E-state index in [2.05, 4.69) is 4.98 Å². The van der Waals surface area contributed by atoms with Crippen LogP contribution in [0.4, 0.5) is 0 Å². The molecule has 0 N–H and O–H groups in total. The second-order valence-corrected chi connectivity index (χ2v) is 5.94. The highest BCUT2D eigenvalue weighted by molar-refractivity contribution is 5.69. The van der Waals surface area contributed by atoms with Crippen LogP contribution in [0.3, 0.4) is 0 Å². The molecular formula is C20H19N3O2. The van der Waals surface area contributed by atoms with E-state index in [1.807, 2.05) is 48.6 Å². The second kappa shape index (κ2) is 7.13. The molecule has 0 saturated carbocycles. The lowest BCUT2D eigenvalue weighted by atomic mass is 10.1. The number of nitrogens with zero attached hydrogens (tertiary/aromatic N) is 3. The molecule has 5 nitrogen and oxygen atoms in total. The van der Waals surface area contributed by atoms with Crippen LogP contribution in [0.25, 0.3) is 12.2 Å². The Morgan fingerprint density at radius 2 is 1.56 bits per heavy atom. The highest BCUT2D eigenvalue weighted by Crippen LogP contribution is 2.10. The summed E-state index contributed by atoms with van der Waals surface area (Å²) in [6.07, 6.45) is 9.19. The highest BCUT2D eigenvalue weighted by atomic mass is 16.2. The molecule has 0 saturated heterocycles. The van der Waals surface area contributed by atoms with E-state index in [-0.39, 0.29) is 11.2 Å². The molecule has 0 radical (unpaired) electrons. The maximum Gasteiger partial charge on any atom is 0.331 e. The fourth-order valence-corrected chi connectivity index (χ4v) is 2.60. The predicted molar refractivity (Wildman–Crippen MR) is 99.4 cm³/mol. The molecule has 3 rings (SSSR count). The molecule has 0 bridgehead atoms. The van der Waals surface area contributed by atoms with Crippen LogP contribution in [0.2, 0.25) is 0 Å². The SMILES string of the molecule is Cc1cn(Cc2ccc(/C=C/c3ccncc3)cc2)c(=O)n(C)c1=O. The molecule has 126 valence electrons. The summed E-state index contributed by atoms with van der Waals surface area (Å²) in [4.78, 5) is 27.9. The average molecular weight is 333 g/mol. The van der Waals surface area contributed by atoms with Gasteiger partial charge in [0, 0.05) is 31.2 Å². The number of rotatable bonds is 4. The van der Waals surface area contributed by atoms with Crippen molar-refractivity contribution in [3.63, 3.8) is 0 Å². The largest absolute Gasteiger partial charge is 0.331 e. The Labute approximate surface area is 145 Å². The molecule has 0 unspecified atom stereocenters. The van der Waals surface area contributed by atoms with E-state index in [0.29, 0.717) is 12.1 Å². The molecule has 0 aliphatic heterocycles. The third kappa shape index (κ3) is 3.83. The van der Waals surface area contributed by atoms with Crippen LogP contribution in [-0.4, -0.2) is 14.1 Å². The monoisotopic (exact) mass is 333 g/mol. The van der Waals surface area contributed by atoms with E-state index in [1.165, 1.54) is 7.05 Å². The van der Waals surface area contributed by atoms with Gasteiger partial charge in [-0.1, -0.05) is 36.4 Å². The van der Waals surface area contributed by atoms with Gasteiger partial charge in [-0.3, -0.25) is 18.9 Å². The van der Waals surface area contributed by atoms with Crippen LogP contribution in [0, 0.1) is 6.92 Å².